The fourth-order valence-corrected chi connectivity index (χ4v) is 2.10. The van der Waals surface area contributed by atoms with Gasteiger partial charge in [-0.3, -0.25) is 4.79 Å². The van der Waals surface area contributed by atoms with Crippen molar-refractivity contribution in [3.05, 3.63) is 47.0 Å². The lowest BCUT2D eigenvalue weighted by Gasteiger charge is -2.05. The monoisotopic (exact) mass is 264 g/mol. The van der Waals surface area contributed by atoms with Crippen molar-refractivity contribution in [3.8, 4) is 11.1 Å². The number of hydrogen-bond acceptors (Lipinski definition) is 3. The summed E-state index contributed by atoms with van der Waals surface area (Å²) >= 11 is 0. The first kappa shape index (κ1) is 11.8. The summed E-state index contributed by atoms with van der Waals surface area (Å²) in [6.45, 7) is 1.81. The van der Waals surface area contributed by atoms with Gasteiger partial charge in [0.05, 0.1) is 0 Å². The van der Waals surface area contributed by atoms with Gasteiger partial charge in [-0.25, -0.2) is 9.97 Å². The number of ketones is 1. The number of benzene rings is 1. The Kier molecular flexibility index (Phi) is 2.26. The molecule has 3 rings (SSSR count). The molecule has 0 spiro atoms. The molecule has 0 saturated heterocycles. The predicted molar refractivity (Wildman–Crippen MR) is 60.6 cm³/mol. The van der Waals surface area contributed by atoms with Crippen molar-refractivity contribution < 1.29 is 18.0 Å². The van der Waals surface area contributed by atoms with E-state index in [1.165, 1.54) is 0 Å². The van der Waals surface area contributed by atoms with Crippen molar-refractivity contribution in [1.29, 1.82) is 0 Å². The number of aryl methyl sites for hydroxylation is 1. The topological polar surface area (TPSA) is 42.9 Å². The Labute approximate surface area is 106 Å². The zero-order valence-electron chi connectivity index (χ0n) is 9.75. The van der Waals surface area contributed by atoms with E-state index >= 15 is 0 Å². The maximum atomic E-state index is 12.5. The summed E-state index contributed by atoms with van der Waals surface area (Å²) in [6.07, 6.45) is -3.59. The van der Waals surface area contributed by atoms with Crippen molar-refractivity contribution in [2.45, 2.75) is 13.1 Å². The highest BCUT2D eigenvalue weighted by Gasteiger charge is 2.38. The van der Waals surface area contributed by atoms with Crippen molar-refractivity contribution in [2.75, 3.05) is 0 Å². The Balaban J connectivity index is 2.22. The number of aromatic nitrogens is 2. The molecule has 6 heteroatoms. The molecule has 2 aromatic rings. The molecule has 1 heterocycles. The predicted octanol–water partition coefficient (Wildman–Crippen LogP) is 3.02. The molecule has 0 radical (unpaired) electrons. The Morgan fingerprint density at radius 3 is 2.53 bits per heavy atom. The molecule has 0 amide bonds. The van der Waals surface area contributed by atoms with Crippen LogP contribution in [-0.4, -0.2) is 15.8 Å². The normalized spacial score (nSPS) is 13.4. The summed E-state index contributed by atoms with van der Waals surface area (Å²) in [5.74, 6) is -1.77. The molecule has 1 aromatic heterocycles. The second kappa shape index (κ2) is 3.63. The van der Waals surface area contributed by atoms with Crippen LogP contribution in [0.3, 0.4) is 0 Å². The Morgan fingerprint density at radius 1 is 1.11 bits per heavy atom. The second-order valence-corrected chi connectivity index (χ2v) is 4.33. The number of nitrogens with zero attached hydrogens (tertiary/aromatic N) is 2. The third-order valence-corrected chi connectivity index (χ3v) is 2.97. The van der Waals surface area contributed by atoms with Gasteiger partial charge in [0.15, 0.2) is 0 Å². The van der Waals surface area contributed by atoms with Gasteiger partial charge in [0.2, 0.25) is 11.6 Å². The van der Waals surface area contributed by atoms with Crippen molar-refractivity contribution in [1.82, 2.24) is 9.97 Å². The Bertz CT molecular complexity index is 708. The third kappa shape index (κ3) is 1.71. The molecule has 0 atom stereocenters. The maximum absolute atomic E-state index is 12.5. The molecule has 0 unspecified atom stereocenters. The van der Waals surface area contributed by atoms with Crippen LogP contribution < -0.4 is 0 Å². The van der Waals surface area contributed by atoms with Gasteiger partial charge in [0.25, 0.3) is 0 Å². The molecule has 0 saturated carbocycles. The van der Waals surface area contributed by atoms with Crippen LogP contribution in [0.15, 0.2) is 24.4 Å². The summed E-state index contributed by atoms with van der Waals surface area (Å²) in [4.78, 5) is 18.7. The molecule has 96 valence electrons. The van der Waals surface area contributed by atoms with E-state index in [4.69, 9.17) is 0 Å². The van der Waals surface area contributed by atoms with Gasteiger partial charge in [-0.2, -0.15) is 13.2 Å². The van der Waals surface area contributed by atoms with E-state index < -0.39 is 17.8 Å². The molecule has 0 N–H and O–H groups in total. The highest BCUT2D eigenvalue weighted by Crippen LogP contribution is 2.37. The van der Waals surface area contributed by atoms with Crippen LogP contribution >= 0.6 is 0 Å². The summed E-state index contributed by atoms with van der Waals surface area (Å²) in [6, 6.07) is 5.14. The van der Waals surface area contributed by atoms with Crippen LogP contribution in [0.5, 0.6) is 0 Å². The number of fused-ring (bicyclic) bond motifs is 3. The first-order chi connectivity index (χ1) is 8.88. The fourth-order valence-electron chi connectivity index (χ4n) is 2.10. The van der Waals surface area contributed by atoms with E-state index in [1.807, 2.05) is 6.92 Å². The highest BCUT2D eigenvalue weighted by atomic mass is 19.4. The molecule has 3 nitrogen and oxygen atoms in total. The second-order valence-electron chi connectivity index (χ2n) is 4.33. The largest absolute Gasteiger partial charge is 0.451 e. The first-order valence-electron chi connectivity index (χ1n) is 5.48. The van der Waals surface area contributed by atoms with Gasteiger partial charge in [0, 0.05) is 17.3 Å². The minimum atomic E-state index is -4.65. The zero-order valence-corrected chi connectivity index (χ0v) is 9.75. The van der Waals surface area contributed by atoms with E-state index in [9.17, 15) is 18.0 Å². The molecule has 1 aliphatic carbocycles. The van der Waals surface area contributed by atoms with Crippen LogP contribution in [0.25, 0.3) is 11.1 Å². The minimum absolute atomic E-state index is 0.178. The summed E-state index contributed by atoms with van der Waals surface area (Å²) < 4.78 is 37.6. The molecule has 1 aliphatic rings. The maximum Gasteiger partial charge on any atom is 0.451 e. The summed E-state index contributed by atoms with van der Waals surface area (Å²) in [5, 5.41) is 0. The van der Waals surface area contributed by atoms with Gasteiger partial charge < -0.3 is 0 Å². The van der Waals surface area contributed by atoms with Gasteiger partial charge >= 0.3 is 6.18 Å². The smallest absolute Gasteiger partial charge is 0.287 e. The molecule has 1 aromatic carbocycles. The van der Waals surface area contributed by atoms with Gasteiger partial charge in [-0.05, 0) is 18.6 Å². The molecule has 0 fully saturated rings. The van der Waals surface area contributed by atoms with E-state index in [0.717, 1.165) is 11.8 Å². The molecular formula is C13H7F3N2O. The van der Waals surface area contributed by atoms with E-state index in [-0.39, 0.29) is 5.69 Å². The van der Waals surface area contributed by atoms with Crippen molar-refractivity contribution >= 4 is 5.78 Å². The first-order valence-corrected chi connectivity index (χ1v) is 5.48. The lowest BCUT2D eigenvalue weighted by atomic mass is 10.1. The quantitative estimate of drug-likeness (QED) is 0.626. The number of carbonyl (C=O) groups excluding carboxylic acids is 1. The number of alkyl halides is 3. The van der Waals surface area contributed by atoms with Crippen LogP contribution in [0, 0.1) is 6.92 Å². The zero-order chi connectivity index (χ0) is 13.8. The lowest BCUT2D eigenvalue weighted by Crippen LogP contribution is -2.13. The minimum Gasteiger partial charge on any atom is -0.287 e. The number of rotatable bonds is 0. The van der Waals surface area contributed by atoms with Crippen molar-refractivity contribution in [2.24, 2.45) is 0 Å². The Morgan fingerprint density at radius 2 is 1.84 bits per heavy atom. The lowest BCUT2D eigenvalue weighted by molar-refractivity contribution is -0.145. The van der Waals surface area contributed by atoms with E-state index in [1.54, 1.807) is 18.2 Å². The molecular weight excluding hydrogens is 257 g/mol. The number of hydrogen-bond donors (Lipinski definition) is 0. The fraction of sp³-hybridized carbons (Fsp3) is 0.154. The van der Waals surface area contributed by atoms with Crippen LogP contribution in [0.1, 0.15) is 27.4 Å². The summed E-state index contributed by atoms with van der Waals surface area (Å²) in [5.41, 5.74) is 2.00. The average Bonchev–Trinajstić information content (AvgIpc) is 2.62. The van der Waals surface area contributed by atoms with E-state index in [2.05, 4.69) is 9.97 Å². The highest BCUT2D eigenvalue weighted by molar-refractivity contribution is 6.20. The summed E-state index contributed by atoms with van der Waals surface area (Å²) in [7, 11) is 0. The standard InChI is InChI=1S/C13H7F3N2O/c1-6-2-3-7-8(4-6)11(19)10-9(7)5-17-12(18-10)13(14,15)16/h2-5H,1H3. The Hall–Kier alpha value is -2.24. The third-order valence-electron chi connectivity index (χ3n) is 2.97. The van der Waals surface area contributed by atoms with Crippen LogP contribution in [-0.2, 0) is 6.18 Å². The number of halogens is 3. The molecule has 0 bridgehead atoms. The van der Waals surface area contributed by atoms with Crippen LogP contribution in [0.4, 0.5) is 13.2 Å². The average molecular weight is 264 g/mol. The van der Waals surface area contributed by atoms with Gasteiger partial charge in [-0.15, -0.1) is 0 Å². The van der Waals surface area contributed by atoms with Gasteiger partial charge in [0.1, 0.15) is 5.69 Å². The van der Waals surface area contributed by atoms with Crippen molar-refractivity contribution in [3.63, 3.8) is 0 Å². The number of carbonyl (C=O) groups is 1. The molecule has 0 aliphatic heterocycles. The van der Waals surface area contributed by atoms with Crippen LogP contribution in [0.2, 0.25) is 0 Å². The van der Waals surface area contributed by atoms with Gasteiger partial charge in [-0.1, -0.05) is 17.7 Å². The van der Waals surface area contributed by atoms with E-state index in [0.29, 0.717) is 16.7 Å². The SMILES string of the molecule is Cc1ccc2c(c1)C(=O)c1nc(C(F)(F)F)ncc1-2. The molecule has 19 heavy (non-hydrogen) atoms.